The molecule has 2 heterocycles. The lowest BCUT2D eigenvalue weighted by atomic mass is 9.92. The highest BCUT2D eigenvalue weighted by Crippen LogP contribution is 2.21. The lowest BCUT2D eigenvalue weighted by Gasteiger charge is -2.18. The van der Waals surface area contributed by atoms with E-state index in [2.05, 4.69) is 36.0 Å². The van der Waals surface area contributed by atoms with Crippen molar-refractivity contribution in [3.05, 3.63) is 18.3 Å². The standard InChI is InChI=1S/C15H23N3O/c1-15(2,3)10-14(19)17-12-6-7-13(16-11-12)18-8-4-5-9-18/h6-7,11H,4-5,8-10H2,1-3H3,(H,17,19). The first-order valence-corrected chi connectivity index (χ1v) is 6.95. The first-order chi connectivity index (χ1) is 8.94. The molecule has 0 spiro atoms. The van der Waals surface area contributed by atoms with Gasteiger partial charge in [-0.2, -0.15) is 0 Å². The van der Waals surface area contributed by atoms with Gasteiger partial charge < -0.3 is 10.2 Å². The molecule has 0 atom stereocenters. The Kier molecular flexibility index (Phi) is 4.08. The third kappa shape index (κ3) is 4.23. The van der Waals surface area contributed by atoms with Crippen molar-refractivity contribution < 1.29 is 4.79 Å². The topological polar surface area (TPSA) is 45.2 Å². The maximum absolute atomic E-state index is 11.8. The Morgan fingerprint density at radius 1 is 1.32 bits per heavy atom. The SMILES string of the molecule is CC(C)(C)CC(=O)Nc1ccc(N2CCCC2)nc1. The van der Waals surface area contributed by atoms with E-state index in [0.717, 1.165) is 24.6 Å². The molecule has 0 unspecified atom stereocenters. The van der Waals surface area contributed by atoms with Crippen molar-refractivity contribution in [3.8, 4) is 0 Å². The van der Waals surface area contributed by atoms with Crippen molar-refractivity contribution in [1.82, 2.24) is 4.98 Å². The number of pyridine rings is 1. The molecule has 1 aliphatic rings. The summed E-state index contributed by atoms with van der Waals surface area (Å²) in [7, 11) is 0. The molecule has 0 aliphatic carbocycles. The minimum absolute atomic E-state index is 0.00695. The number of nitrogens with one attached hydrogen (secondary N) is 1. The average Bonchev–Trinajstić information content (AvgIpc) is 2.80. The van der Waals surface area contributed by atoms with Crippen LogP contribution in [0.2, 0.25) is 0 Å². The first kappa shape index (κ1) is 13.8. The number of anilines is 2. The number of hydrogen-bond acceptors (Lipinski definition) is 3. The fraction of sp³-hybridized carbons (Fsp3) is 0.600. The summed E-state index contributed by atoms with van der Waals surface area (Å²) in [5.74, 6) is 1.05. The minimum Gasteiger partial charge on any atom is -0.357 e. The van der Waals surface area contributed by atoms with Crippen LogP contribution in [-0.2, 0) is 4.79 Å². The van der Waals surface area contributed by atoms with Crippen LogP contribution >= 0.6 is 0 Å². The zero-order chi connectivity index (χ0) is 13.9. The van der Waals surface area contributed by atoms with Gasteiger partial charge in [-0.05, 0) is 30.4 Å². The zero-order valence-corrected chi connectivity index (χ0v) is 12.1. The third-order valence-electron chi connectivity index (χ3n) is 3.15. The van der Waals surface area contributed by atoms with E-state index in [0.29, 0.717) is 6.42 Å². The van der Waals surface area contributed by atoms with Crippen LogP contribution in [0.4, 0.5) is 11.5 Å². The third-order valence-corrected chi connectivity index (χ3v) is 3.15. The summed E-state index contributed by atoms with van der Waals surface area (Å²) in [5, 5.41) is 2.90. The van der Waals surface area contributed by atoms with Gasteiger partial charge in [-0.15, -0.1) is 0 Å². The number of amides is 1. The summed E-state index contributed by atoms with van der Waals surface area (Å²) in [4.78, 5) is 18.5. The fourth-order valence-corrected chi connectivity index (χ4v) is 2.28. The molecule has 1 fully saturated rings. The lowest BCUT2D eigenvalue weighted by Crippen LogP contribution is -2.21. The maximum Gasteiger partial charge on any atom is 0.224 e. The maximum atomic E-state index is 11.8. The van der Waals surface area contributed by atoms with Crippen LogP contribution in [0, 0.1) is 5.41 Å². The summed E-state index contributed by atoms with van der Waals surface area (Å²) >= 11 is 0. The van der Waals surface area contributed by atoms with Crippen molar-refractivity contribution in [2.24, 2.45) is 5.41 Å². The second-order valence-corrected chi connectivity index (χ2v) is 6.38. The summed E-state index contributed by atoms with van der Waals surface area (Å²) < 4.78 is 0. The van der Waals surface area contributed by atoms with E-state index in [4.69, 9.17) is 0 Å². The van der Waals surface area contributed by atoms with E-state index in [9.17, 15) is 4.79 Å². The second kappa shape index (κ2) is 5.59. The quantitative estimate of drug-likeness (QED) is 0.909. The molecule has 1 aromatic rings. The van der Waals surface area contributed by atoms with E-state index in [1.807, 2.05) is 12.1 Å². The summed E-state index contributed by atoms with van der Waals surface area (Å²) in [5.41, 5.74) is 0.782. The van der Waals surface area contributed by atoms with Gasteiger partial charge >= 0.3 is 0 Å². The van der Waals surface area contributed by atoms with Crippen LogP contribution in [-0.4, -0.2) is 24.0 Å². The molecule has 1 aliphatic heterocycles. The molecular formula is C15H23N3O. The van der Waals surface area contributed by atoms with Crippen molar-refractivity contribution in [2.45, 2.75) is 40.0 Å². The molecule has 0 saturated carbocycles. The van der Waals surface area contributed by atoms with Crippen molar-refractivity contribution >= 4 is 17.4 Å². The highest BCUT2D eigenvalue weighted by Gasteiger charge is 2.16. The minimum atomic E-state index is 0.00695. The summed E-state index contributed by atoms with van der Waals surface area (Å²) in [6.45, 7) is 8.34. The van der Waals surface area contributed by atoms with Gasteiger partial charge in [0.2, 0.25) is 5.91 Å². The van der Waals surface area contributed by atoms with E-state index >= 15 is 0 Å². The van der Waals surface area contributed by atoms with Crippen LogP contribution in [0.25, 0.3) is 0 Å². The predicted octanol–water partition coefficient (Wildman–Crippen LogP) is 3.06. The highest BCUT2D eigenvalue weighted by molar-refractivity contribution is 5.91. The van der Waals surface area contributed by atoms with Gasteiger partial charge in [0, 0.05) is 19.5 Å². The Hall–Kier alpha value is -1.58. The molecule has 0 radical (unpaired) electrons. The molecule has 2 rings (SSSR count). The molecule has 0 aromatic carbocycles. The zero-order valence-electron chi connectivity index (χ0n) is 12.1. The van der Waals surface area contributed by atoms with Gasteiger partial charge in [-0.25, -0.2) is 4.98 Å². The average molecular weight is 261 g/mol. The van der Waals surface area contributed by atoms with Gasteiger partial charge in [0.15, 0.2) is 0 Å². The van der Waals surface area contributed by atoms with Crippen molar-refractivity contribution in [3.63, 3.8) is 0 Å². The molecule has 4 heteroatoms. The Morgan fingerprint density at radius 3 is 2.53 bits per heavy atom. The monoisotopic (exact) mass is 261 g/mol. The van der Waals surface area contributed by atoms with Crippen molar-refractivity contribution in [1.29, 1.82) is 0 Å². The second-order valence-electron chi connectivity index (χ2n) is 6.38. The number of hydrogen-bond donors (Lipinski definition) is 1. The molecule has 1 aromatic heterocycles. The summed E-state index contributed by atoms with van der Waals surface area (Å²) in [6.07, 6.45) is 4.74. The highest BCUT2D eigenvalue weighted by atomic mass is 16.1. The molecule has 0 bridgehead atoms. The molecule has 1 saturated heterocycles. The van der Waals surface area contributed by atoms with Gasteiger partial charge in [-0.3, -0.25) is 4.79 Å². The molecule has 1 N–H and O–H groups in total. The van der Waals surface area contributed by atoms with Crippen LogP contribution in [0.5, 0.6) is 0 Å². The van der Waals surface area contributed by atoms with Crippen LogP contribution in [0.1, 0.15) is 40.0 Å². The number of nitrogens with zero attached hydrogens (tertiary/aromatic N) is 2. The summed E-state index contributed by atoms with van der Waals surface area (Å²) in [6, 6.07) is 3.92. The van der Waals surface area contributed by atoms with Gasteiger partial charge in [0.25, 0.3) is 0 Å². The van der Waals surface area contributed by atoms with Crippen LogP contribution in [0.3, 0.4) is 0 Å². The molecule has 1 amide bonds. The Balaban J connectivity index is 1.93. The largest absolute Gasteiger partial charge is 0.357 e. The van der Waals surface area contributed by atoms with Crippen LogP contribution in [0.15, 0.2) is 18.3 Å². The number of carbonyl (C=O) groups excluding carboxylic acids is 1. The van der Waals surface area contributed by atoms with Crippen LogP contribution < -0.4 is 10.2 Å². The Bertz CT molecular complexity index is 428. The molecule has 19 heavy (non-hydrogen) atoms. The van der Waals surface area contributed by atoms with E-state index in [-0.39, 0.29) is 11.3 Å². The Labute approximate surface area is 115 Å². The van der Waals surface area contributed by atoms with E-state index in [1.165, 1.54) is 12.8 Å². The van der Waals surface area contributed by atoms with Gasteiger partial charge in [0.05, 0.1) is 11.9 Å². The van der Waals surface area contributed by atoms with Gasteiger partial charge in [0.1, 0.15) is 5.82 Å². The fourth-order valence-electron chi connectivity index (χ4n) is 2.28. The van der Waals surface area contributed by atoms with Gasteiger partial charge in [-0.1, -0.05) is 20.8 Å². The van der Waals surface area contributed by atoms with Crippen molar-refractivity contribution in [2.75, 3.05) is 23.3 Å². The number of carbonyl (C=O) groups is 1. The first-order valence-electron chi connectivity index (χ1n) is 6.95. The van der Waals surface area contributed by atoms with E-state index in [1.54, 1.807) is 6.20 Å². The molecule has 4 nitrogen and oxygen atoms in total. The number of aromatic nitrogens is 1. The Morgan fingerprint density at radius 2 is 2.00 bits per heavy atom. The number of rotatable bonds is 3. The van der Waals surface area contributed by atoms with E-state index < -0.39 is 0 Å². The molecular weight excluding hydrogens is 238 g/mol. The smallest absolute Gasteiger partial charge is 0.224 e. The normalized spacial score (nSPS) is 15.6. The predicted molar refractivity (Wildman–Crippen MR) is 78.4 cm³/mol. The molecule has 104 valence electrons. The lowest BCUT2D eigenvalue weighted by molar-refractivity contribution is -0.117.